The van der Waals surface area contributed by atoms with E-state index < -0.39 is 11.7 Å². The molecule has 1 amide bonds. The second-order valence-electron chi connectivity index (χ2n) is 5.35. The number of benzene rings is 2. The number of carbonyl (C=O) groups is 1. The fourth-order valence-corrected chi connectivity index (χ4v) is 2.40. The lowest BCUT2D eigenvalue weighted by Gasteiger charge is -2.09. The molecule has 0 radical (unpaired) electrons. The molecule has 3 aromatic rings. The zero-order valence-electron chi connectivity index (χ0n) is 13.3. The Labute approximate surface area is 149 Å². The lowest BCUT2D eigenvalue weighted by molar-refractivity contribution is 0.102. The van der Waals surface area contributed by atoms with Crippen LogP contribution in [0.15, 0.2) is 60.8 Å². The quantitative estimate of drug-likeness (QED) is 0.696. The molecule has 0 saturated heterocycles. The van der Waals surface area contributed by atoms with Crippen LogP contribution in [0.3, 0.4) is 0 Å². The number of carbonyl (C=O) groups excluding carboxylic acids is 1. The minimum absolute atomic E-state index is 0.0461. The van der Waals surface area contributed by atoms with E-state index >= 15 is 0 Å². The molecular weight excluding hydrogens is 343 g/mol. The first-order valence-corrected chi connectivity index (χ1v) is 7.86. The SMILES string of the molecule is Cc1ccc(Oc2ccc(NC(=O)c3c(F)cccc3Cl)cn2)cc1. The highest BCUT2D eigenvalue weighted by Gasteiger charge is 2.16. The molecule has 2 aromatic carbocycles. The fourth-order valence-electron chi connectivity index (χ4n) is 2.15. The van der Waals surface area contributed by atoms with Gasteiger partial charge in [0, 0.05) is 6.07 Å². The molecule has 6 heteroatoms. The van der Waals surface area contributed by atoms with E-state index in [1.54, 1.807) is 12.1 Å². The molecule has 3 rings (SSSR count). The van der Waals surface area contributed by atoms with E-state index in [0.717, 1.165) is 5.56 Å². The average molecular weight is 357 g/mol. The average Bonchev–Trinajstić information content (AvgIpc) is 2.58. The lowest BCUT2D eigenvalue weighted by atomic mass is 10.2. The summed E-state index contributed by atoms with van der Waals surface area (Å²) in [5.41, 5.74) is 1.33. The third kappa shape index (κ3) is 4.14. The molecular formula is C19H14ClFN2O2. The number of nitrogens with zero attached hydrogens (tertiary/aromatic N) is 1. The van der Waals surface area contributed by atoms with Crippen molar-refractivity contribution < 1.29 is 13.9 Å². The second-order valence-corrected chi connectivity index (χ2v) is 5.76. The van der Waals surface area contributed by atoms with Crippen molar-refractivity contribution in [2.24, 2.45) is 0 Å². The van der Waals surface area contributed by atoms with Crippen molar-refractivity contribution in [3.8, 4) is 11.6 Å². The molecule has 0 bridgehead atoms. The van der Waals surface area contributed by atoms with Crippen LogP contribution in [0.5, 0.6) is 11.6 Å². The molecule has 0 atom stereocenters. The van der Waals surface area contributed by atoms with E-state index in [2.05, 4.69) is 10.3 Å². The predicted molar refractivity (Wildman–Crippen MR) is 94.9 cm³/mol. The zero-order chi connectivity index (χ0) is 17.8. The molecule has 4 nitrogen and oxygen atoms in total. The van der Waals surface area contributed by atoms with E-state index in [0.29, 0.717) is 17.3 Å². The van der Waals surface area contributed by atoms with Gasteiger partial charge in [0.05, 0.1) is 22.5 Å². The highest BCUT2D eigenvalue weighted by atomic mass is 35.5. The first-order chi connectivity index (χ1) is 12.0. The molecule has 126 valence electrons. The number of hydrogen-bond donors (Lipinski definition) is 1. The van der Waals surface area contributed by atoms with Gasteiger partial charge in [-0.3, -0.25) is 4.79 Å². The number of halogens is 2. The Bertz CT molecular complexity index is 876. The maximum atomic E-state index is 13.8. The number of pyridine rings is 1. The summed E-state index contributed by atoms with van der Waals surface area (Å²) >= 11 is 5.88. The summed E-state index contributed by atoms with van der Waals surface area (Å²) in [5, 5.41) is 2.60. The Kier molecular flexibility index (Phi) is 4.95. The van der Waals surface area contributed by atoms with Crippen molar-refractivity contribution in [2.75, 3.05) is 5.32 Å². The molecule has 0 aliphatic carbocycles. The Morgan fingerprint density at radius 1 is 1.12 bits per heavy atom. The topological polar surface area (TPSA) is 51.2 Å². The first kappa shape index (κ1) is 16.9. The molecule has 25 heavy (non-hydrogen) atoms. The Balaban J connectivity index is 1.70. The van der Waals surface area contributed by atoms with Crippen LogP contribution in [0.25, 0.3) is 0 Å². The summed E-state index contributed by atoms with van der Waals surface area (Å²) in [5.74, 6) is -0.284. The van der Waals surface area contributed by atoms with Gasteiger partial charge < -0.3 is 10.1 Å². The number of aryl methyl sites for hydroxylation is 1. The molecule has 0 unspecified atom stereocenters. The van der Waals surface area contributed by atoms with Gasteiger partial charge in [-0.15, -0.1) is 0 Å². The van der Waals surface area contributed by atoms with Crippen molar-refractivity contribution in [3.63, 3.8) is 0 Å². The van der Waals surface area contributed by atoms with Crippen molar-refractivity contribution in [1.82, 2.24) is 4.98 Å². The van der Waals surface area contributed by atoms with Gasteiger partial charge in [0.15, 0.2) is 0 Å². The van der Waals surface area contributed by atoms with Crippen LogP contribution in [0.2, 0.25) is 5.02 Å². The number of ether oxygens (including phenoxy) is 1. The fraction of sp³-hybridized carbons (Fsp3) is 0.0526. The molecule has 0 fully saturated rings. The Morgan fingerprint density at radius 3 is 2.52 bits per heavy atom. The van der Waals surface area contributed by atoms with E-state index in [1.165, 1.54) is 24.4 Å². The largest absolute Gasteiger partial charge is 0.439 e. The van der Waals surface area contributed by atoms with Gasteiger partial charge in [-0.25, -0.2) is 9.37 Å². The van der Waals surface area contributed by atoms with Crippen molar-refractivity contribution in [3.05, 3.63) is 82.8 Å². The highest BCUT2D eigenvalue weighted by molar-refractivity contribution is 6.34. The standard InChI is InChI=1S/C19H14ClFN2O2/c1-12-5-8-14(9-6-12)25-17-10-7-13(11-22-17)23-19(24)18-15(20)3-2-4-16(18)21/h2-11H,1H3,(H,23,24). The van der Waals surface area contributed by atoms with E-state index in [-0.39, 0.29) is 10.6 Å². The number of aromatic nitrogens is 1. The lowest BCUT2D eigenvalue weighted by Crippen LogP contribution is -2.14. The van der Waals surface area contributed by atoms with Crippen molar-refractivity contribution in [2.45, 2.75) is 6.92 Å². The summed E-state index contributed by atoms with van der Waals surface area (Å²) in [6, 6.07) is 14.8. The van der Waals surface area contributed by atoms with Crippen LogP contribution in [0.4, 0.5) is 10.1 Å². The molecule has 1 heterocycles. The van der Waals surface area contributed by atoms with Crippen molar-refractivity contribution >= 4 is 23.2 Å². The minimum atomic E-state index is -0.683. The van der Waals surface area contributed by atoms with Gasteiger partial charge in [-0.2, -0.15) is 0 Å². The smallest absolute Gasteiger partial charge is 0.260 e. The summed E-state index contributed by atoms with van der Waals surface area (Å²) in [6.45, 7) is 1.99. The van der Waals surface area contributed by atoms with E-state index in [4.69, 9.17) is 16.3 Å². The monoisotopic (exact) mass is 356 g/mol. The number of rotatable bonds is 4. The van der Waals surface area contributed by atoms with Crippen LogP contribution in [0.1, 0.15) is 15.9 Å². The molecule has 1 aromatic heterocycles. The minimum Gasteiger partial charge on any atom is -0.439 e. The summed E-state index contributed by atoms with van der Waals surface area (Å²) < 4.78 is 19.4. The molecule has 1 N–H and O–H groups in total. The van der Waals surface area contributed by atoms with Gasteiger partial charge in [-0.05, 0) is 37.3 Å². The Morgan fingerprint density at radius 2 is 1.88 bits per heavy atom. The number of hydrogen-bond acceptors (Lipinski definition) is 3. The number of amides is 1. The third-order valence-electron chi connectivity index (χ3n) is 3.43. The third-order valence-corrected chi connectivity index (χ3v) is 3.74. The molecule has 0 saturated carbocycles. The second kappa shape index (κ2) is 7.32. The number of anilines is 1. The summed E-state index contributed by atoms with van der Waals surface area (Å²) in [6.07, 6.45) is 1.43. The van der Waals surface area contributed by atoms with Crippen LogP contribution >= 0.6 is 11.6 Å². The van der Waals surface area contributed by atoms with E-state index in [1.807, 2.05) is 31.2 Å². The maximum absolute atomic E-state index is 13.8. The summed E-state index contributed by atoms with van der Waals surface area (Å²) in [4.78, 5) is 16.3. The van der Waals surface area contributed by atoms with Gasteiger partial charge in [0.1, 0.15) is 11.6 Å². The predicted octanol–water partition coefficient (Wildman–Crippen LogP) is 5.23. The van der Waals surface area contributed by atoms with Gasteiger partial charge in [-0.1, -0.05) is 35.4 Å². The van der Waals surface area contributed by atoms with Gasteiger partial charge in [0.25, 0.3) is 5.91 Å². The van der Waals surface area contributed by atoms with Crippen LogP contribution in [-0.4, -0.2) is 10.9 Å². The zero-order valence-corrected chi connectivity index (χ0v) is 14.0. The van der Waals surface area contributed by atoms with E-state index in [9.17, 15) is 9.18 Å². The van der Waals surface area contributed by atoms with Gasteiger partial charge in [0.2, 0.25) is 5.88 Å². The molecule has 0 aliphatic rings. The highest BCUT2D eigenvalue weighted by Crippen LogP contribution is 2.23. The molecule has 0 spiro atoms. The first-order valence-electron chi connectivity index (χ1n) is 7.49. The normalized spacial score (nSPS) is 10.4. The summed E-state index contributed by atoms with van der Waals surface area (Å²) in [7, 11) is 0. The molecule has 0 aliphatic heterocycles. The maximum Gasteiger partial charge on any atom is 0.260 e. The van der Waals surface area contributed by atoms with Crippen LogP contribution in [0, 0.1) is 12.7 Å². The Hall–Kier alpha value is -2.92. The van der Waals surface area contributed by atoms with Crippen molar-refractivity contribution in [1.29, 1.82) is 0 Å². The van der Waals surface area contributed by atoms with Gasteiger partial charge >= 0.3 is 0 Å². The van der Waals surface area contributed by atoms with Crippen LogP contribution < -0.4 is 10.1 Å². The number of nitrogens with one attached hydrogen (secondary N) is 1. The van der Waals surface area contributed by atoms with Crippen LogP contribution in [-0.2, 0) is 0 Å².